The molecule has 0 spiro atoms. The molecule has 0 aliphatic carbocycles. The number of benzene rings is 1. The molecule has 0 aromatic heterocycles. The minimum atomic E-state index is -0.463. The number of carbonyl (C=O) groups is 1. The Kier molecular flexibility index (Phi) is 7.23. The summed E-state index contributed by atoms with van der Waals surface area (Å²) in [5.41, 5.74) is 1.16. The van der Waals surface area contributed by atoms with Crippen LogP contribution in [0.1, 0.15) is 46.2 Å². The zero-order valence-corrected chi connectivity index (χ0v) is 13.8. The molecule has 0 saturated carbocycles. The van der Waals surface area contributed by atoms with E-state index in [-0.39, 0.29) is 11.9 Å². The molecule has 2 atom stereocenters. The molecule has 0 aliphatic rings. The number of amides is 1. The molecule has 0 heterocycles. The van der Waals surface area contributed by atoms with Gasteiger partial charge in [-0.2, -0.15) is 0 Å². The molecule has 1 rings (SSSR count). The fourth-order valence-electron chi connectivity index (χ4n) is 2.33. The highest BCUT2D eigenvalue weighted by Gasteiger charge is 2.19. The lowest BCUT2D eigenvalue weighted by molar-refractivity contribution is -0.137. The molecule has 0 radical (unpaired) electrons. The van der Waals surface area contributed by atoms with Crippen LogP contribution in [0.15, 0.2) is 24.3 Å². The van der Waals surface area contributed by atoms with Crippen LogP contribution in [0, 0.1) is 0 Å². The zero-order chi connectivity index (χ0) is 15.8. The van der Waals surface area contributed by atoms with Gasteiger partial charge in [-0.05, 0) is 51.9 Å². The van der Waals surface area contributed by atoms with Gasteiger partial charge < -0.3 is 15.0 Å². The Morgan fingerprint density at radius 1 is 1.24 bits per heavy atom. The maximum absolute atomic E-state index is 12.2. The molecule has 0 aliphatic heterocycles. The molecule has 21 heavy (non-hydrogen) atoms. The standard InChI is InChI=1S/C17H28N2O2/c1-6-18-13(4)15-10-9-11-16(12-15)21-14(5)17(20)19(7-2)8-3/h9-14,18H,6-8H2,1-5H3. The summed E-state index contributed by atoms with van der Waals surface area (Å²) in [5.74, 6) is 0.774. The molecule has 1 aromatic rings. The van der Waals surface area contributed by atoms with Gasteiger partial charge in [-0.15, -0.1) is 0 Å². The number of rotatable bonds is 8. The average molecular weight is 292 g/mol. The van der Waals surface area contributed by atoms with Crippen LogP contribution in [0.5, 0.6) is 5.75 Å². The lowest BCUT2D eigenvalue weighted by Gasteiger charge is -2.23. The molecule has 4 heteroatoms. The quantitative estimate of drug-likeness (QED) is 0.801. The van der Waals surface area contributed by atoms with Crippen molar-refractivity contribution in [1.82, 2.24) is 10.2 Å². The molecule has 2 unspecified atom stereocenters. The number of hydrogen-bond donors (Lipinski definition) is 1. The smallest absolute Gasteiger partial charge is 0.263 e. The summed E-state index contributed by atoms with van der Waals surface area (Å²) >= 11 is 0. The van der Waals surface area contributed by atoms with Crippen LogP contribution >= 0.6 is 0 Å². The summed E-state index contributed by atoms with van der Waals surface area (Å²) in [4.78, 5) is 14.0. The summed E-state index contributed by atoms with van der Waals surface area (Å²) in [7, 11) is 0. The first-order valence-electron chi connectivity index (χ1n) is 7.82. The maximum atomic E-state index is 12.2. The minimum absolute atomic E-state index is 0.0325. The van der Waals surface area contributed by atoms with Gasteiger partial charge in [0, 0.05) is 19.1 Å². The van der Waals surface area contributed by atoms with E-state index in [0.29, 0.717) is 13.1 Å². The van der Waals surface area contributed by atoms with Gasteiger partial charge >= 0.3 is 0 Å². The second-order valence-corrected chi connectivity index (χ2v) is 5.12. The second kappa shape index (κ2) is 8.67. The number of nitrogens with one attached hydrogen (secondary N) is 1. The predicted octanol–water partition coefficient (Wildman–Crippen LogP) is 2.99. The molecule has 1 N–H and O–H groups in total. The molecule has 118 valence electrons. The van der Waals surface area contributed by atoms with E-state index >= 15 is 0 Å². The van der Waals surface area contributed by atoms with Crippen molar-refractivity contribution in [3.8, 4) is 5.75 Å². The van der Waals surface area contributed by atoms with E-state index in [1.165, 1.54) is 0 Å². The number of ether oxygens (including phenoxy) is 1. The minimum Gasteiger partial charge on any atom is -0.481 e. The third kappa shape index (κ3) is 5.05. The number of likely N-dealkylation sites (N-methyl/N-ethyl adjacent to an activating group) is 1. The van der Waals surface area contributed by atoms with Gasteiger partial charge in [0.05, 0.1) is 0 Å². The van der Waals surface area contributed by atoms with Crippen molar-refractivity contribution in [1.29, 1.82) is 0 Å². The molecule has 0 fully saturated rings. The van der Waals surface area contributed by atoms with Crippen molar-refractivity contribution >= 4 is 5.91 Å². The summed E-state index contributed by atoms with van der Waals surface area (Å²) in [5, 5.41) is 3.37. The van der Waals surface area contributed by atoms with Crippen LogP contribution in [0.3, 0.4) is 0 Å². The first-order valence-corrected chi connectivity index (χ1v) is 7.82. The summed E-state index contributed by atoms with van der Waals surface area (Å²) in [6, 6.07) is 8.20. The predicted molar refractivity (Wildman–Crippen MR) is 86.6 cm³/mol. The van der Waals surface area contributed by atoms with Crippen molar-refractivity contribution in [3.05, 3.63) is 29.8 Å². The molecule has 0 saturated heterocycles. The summed E-state index contributed by atoms with van der Waals surface area (Å²) < 4.78 is 5.81. The van der Waals surface area contributed by atoms with Crippen LogP contribution in [-0.2, 0) is 4.79 Å². The zero-order valence-electron chi connectivity index (χ0n) is 13.8. The van der Waals surface area contributed by atoms with Crippen molar-refractivity contribution in [2.75, 3.05) is 19.6 Å². The van der Waals surface area contributed by atoms with Crippen LogP contribution in [0.2, 0.25) is 0 Å². The lowest BCUT2D eigenvalue weighted by Crippen LogP contribution is -2.40. The number of carbonyl (C=O) groups excluding carboxylic acids is 1. The van der Waals surface area contributed by atoms with E-state index in [9.17, 15) is 4.79 Å². The Balaban J connectivity index is 2.74. The van der Waals surface area contributed by atoms with E-state index in [0.717, 1.165) is 17.9 Å². The van der Waals surface area contributed by atoms with Gasteiger partial charge in [0.1, 0.15) is 5.75 Å². The van der Waals surface area contributed by atoms with Crippen molar-refractivity contribution < 1.29 is 9.53 Å². The van der Waals surface area contributed by atoms with E-state index in [2.05, 4.69) is 25.2 Å². The van der Waals surface area contributed by atoms with E-state index in [1.54, 1.807) is 11.8 Å². The third-order valence-corrected chi connectivity index (χ3v) is 3.60. The lowest BCUT2D eigenvalue weighted by atomic mass is 10.1. The normalized spacial score (nSPS) is 13.6. The average Bonchev–Trinajstić information content (AvgIpc) is 2.48. The third-order valence-electron chi connectivity index (χ3n) is 3.60. The van der Waals surface area contributed by atoms with E-state index in [1.807, 2.05) is 32.0 Å². The molecule has 0 bridgehead atoms. The van der Waals surface area contributed by atoms with Gasteiger partial charge in [-0.3, -0.25) is 4.79 Å². The van der Waals surface area contributed by atoms with E-state index in [4.69, 9.17) is 4.74 Å². The SMILES string of the molecule is CCNC(C)c1cccc(OC(C)C(=O)N(CC)CC)c1. The Labute approximate surface area is 128 Å². The first kappa shape index (κ1) is 17.5. The van der Waals surface area contributed by atoms with Crippen molar-refractivity contribution in [2.45, 2.75) is 46.8 Å². The van der Waals surface area contributed by atoms with Gasteiger partial charge in [0.15, 0.2) is 6.10 Å². The highest BCUT2D eigenvalue weighted by atomic mass is 16.5. The highest BCUT2D eigenvalue weighted by molar-refractivity contribution is 5.80. The van der Waals surface area contributed by atoms with Gasteiger partial charge in [0.2, 0.25) is 0 Å². The largest absolute Gasteiger partial charge is 0.481 e. The molecular formula is C17H28N2O2. The molecule has 1 amide bonds. The molecular weight excluding hydrogens is 264 g/mol. The highest BCUT2D eigenvalue weighted by Crippen LogP contribution is 2.20. The summed E-state index contributed by atoms with van der Waals surface area (Å²) in [6.45, 7) is 12.3. The van der Waals surface area contributed by atoms with Gasteiger partial charge in [-0.25, -0.2) is 0 Å². The van der Waals surface area contributed by atoms with Crippen molar-refractivity contribution in [3.63, 3.8) is 0 Å². The van der Waals surface area contributed by atoms with Crippen molar-refractivity contribution in [2.24, 2.45) is 0 Å². The Morgan fingerprint density at radius 2 is 1.90 bits per heavy atom. The maximum Gasteiger partial charge on any atom is 0.263 e. The monoisotopic (exact) mass is 292 g/mol. The van der Waals surface area contributed by atoms with E-state index < -0.39 is 6.10 Å². The molecule has 4 nitrogen and oxygen atoms in total. The van der Waals surface area contributed by atoms with Gasteiger partial charge in [-0.1, -0.05) is 19.1 Å². The van der Waals surface area contributed by atoms with Crippen LogP contribution in [0.4, 0.5) is 0 Å². The molecule has 1 aromatic carbocycles. The first-order chi connectivity index (χ1) is 10.0. The Hall–Kier alpha value is -1.55. The fourth-order valence-corrected chi connectivity index (χ4v) is 2.33. The van der Waals surface area contributed by atoms with Crippen LogP contribution in [0.25, 0.3) is 0 Å². The Morgan fingerprint density at radius 3 is 2.48 bits per heavy atom. The van der Waals surface area contributed by atoms with Crippen LogP contribution in [-0.4, -0.2) is 36.5 Å². The number of hydrogen-bond acceptors (Lipinski definition) is 3. The second-order valence-electron chi connectivity index (χ2n) is 5.12. The Bertz CT molecular complexity index is 444. The van der Waals surface area contributed by atoms with Crippen LogP contribution < -0.4 is 10.1 Å². The topological polar surface area (TPSA) is 41.6 Å². The van der Waals surface area contributed by atoms with Gasteiger partial charge in [0.25, 0.3) is 5.91 Å². The fraction of sp³-hybridized carbons (Fsp3) is 0.588. The number of nitrogens with zero attached hydrogens (tertiary/aromatic N) is 1. The summed E-state index contributed by atoms with van der Waals surface area (Å²) in [6.07, 6.45) is -0.463.